The zero-order chi connectivity index (χ0) is 49.6. The Kier molecular flexibility index (Phi) is 35.6. The molecule has 0 spiro atoms. The molecule has 2 rings (SSSR count). The van der Waals surface area contributed by atoms with Crippen LogP contribution in [0.5, 0.6) is 0 Å². The van der Waals surface area contributed by atoms with Crippen LogP contribution in [-0.4, -0.2) is 140 Å². The fourth-order valence-electron chi connectivity index (χ4n) is 7.60. The van der Waals surface area contributed by atoms with Crippen molar-refractivity contribution < 1.29 is 64.6 Å². The van der Waals surface area contributed by atoms with Crippen molar-refractivity contribution in [2.45, 2.75) is 216 Å². The average molecular weight is 960 g/mol. The van der Waals surface area contributed by atoms with Crippen LogP contribution in [0.1, 0.15) is 142 Å². The van der Waals surface area contributed by atoms with Crippen molar-refractivity contribution in [3.05, 3.63) is 97.2 Å². The molecule has 0 aromatic carbocycles. The van der Waals surface area contributed by atoms with Gasteiger partial charge >= 0.3 is 0 Å². The number of carbonyl (C=O) groups is 1. The Balaban J connectivity index is 1.88. The molecule has 12 atom stereocenters. The Morgan fingerprint density at radius 2 is 1.03 bits per heavy atom. The highest BCUT2D eigenvalue weighted by atomic mass is 16.7. The summed E-state index contributed by atoms with van der Waals surface area (Å²) in [6.45, 7) is 2.58. The number of hydrogen-bond acceptors (Lipinski definition) is 13. The minimum Gasteiger partial charge on any atom is -0.394 e. The summed E-state index contributed by atoms with van der Waals surface area (Å²) in [6, 6.07) is -0.960. The van der Waals surface area contributed by atoms with Crippen LogP contribution in [0.2, 0.25) is 0 Å². The van der Waals surface area contributed by atoms with Gasteiger partial charge in [-0.25, -0.2) is 0 Å². The van der Waals surface area contributed by atoms with E-state index in [2.05, 4.69) is 104 Å². The number of aliphatic hydroxyl groups excluding tert-OH is 8. The molecule has 0 aromatic heterocycles. The van der Waals surface area contributed by atoms with Gasteiger partial charge in [0.05, 0.1) is 32.0 Å². The number of allylic oxidation sites excluding steroid dienone is 15. The van der Waals surface area contributed by atoms with E-state index in [1.54, 1.807) is 6.08 Å². The molecule has 68 heavy (non-hydrogen) atoms. The van der Waals surface area contributed by atoms with Crippen LogP contribution in [-0.2, 0) is 23.7 Å². The summed E-state index contributed by atoms with van der Waals surface area (Å²) in [4.78, 5) is 13.2. The lowest BCUT2D eigenvalue weighted by molar-refractivity contribution is -0.359. The van der Waals surface area contributed by atoms with Crippen LogP contribution in [0.4, 0.5) is 0 Å². The SMILES string of the molecule is CC/C=C\C/C=C\C/C=C\C/C=C\C/C=C\C/C=C\CCCCC(=O)NC(COC1OC(CO)C(OC2OC(CO)C(O)C(O)C2O)C(O)C1O)C(O)/C=C/CC/C=C/CCCCCCCCC. The molecular formula is C54H89NO13. The first kappa shape index (κ1) is 61.0. The zero-order valence-corrected chi connectivity index (χ0v) is 41.0. The van der Waals surface area contributed by atoms with Gasteiger partial charge in [-0.2, -0.15) is 0 Å². The number of rotatable bonds is 37. The van der Waals surface area contributed by atoms with Gasteiger partial charge in [0.1, 0.15) is 48.8 Å². The predicted molar refractivity (Wildman–Crippen MR) is 267 cm³/mol. The van der Waals surface area contributed by atoms with Gasteiger partial charge < -0.3 is 65.1 Å². The summed E-state index contributed by atoms with van der Waals surface area (Å²) in [5, 5.41) is 86.6. The molecule has 0 aliphatic carbocycles. The van der Waals surface area contributed by atoms with E-state index in [0.717, 1.165) is 64.2 Å². The Labute approximate surface area is 407 Å². The van der Waals surface area contributed by atoms with Gasteiger partial charge in [-0.1, -0.05) is 150 Å². The monoisotopic (exact) mass is 960 g/mol. The molecular weight excluding hydrogens is 871 g/mol. The molecule has 1 amide bonds. The molecule has 0 saturated carbocycles. The predicted octanol–water partition coefficient (Wildman–Crippen LogP) is 6.76. The van der Waals surface area contributed by atoms with E-state index in [1.807, 2.05) is 6.08 Å². The second-order valence-electron chi connectivity index (χ2n) is 17.6. The summed E-state index contributed by atoms with van der Waals surface area (Å²) >= 11 is 0. The van der Waals surface area contributed by atoms with Crippen molar-refractivity contribution in [1.29, 1.82) is 0 Å². The fraction of sp³-hybridized carbons (Fsp3) is 0.685. The molecule has 0 bridgehead atoms. The quantitative estimate of drug-likeness (QED) is 0.0232. The molecule has 9 N–H and O–H groups in total. The van der Waals surface area contributed by atoms with E-state index in [-0.39, 0.29) is 18.9 Å². The summed E-state index contributed by atoms with van der Waals surface area (Å²) in [7, 11) is 0. The molecule has 12 unspecified atom stereocenters. The van der Waals surface area contributed by atoms with Crippen molar-refractivity contribution in [2.75, 3.05) is 19.8 Å². The number of ether oxygens (including phenoxy) is 4. The Morgan fingerprint density at radius 3 is 1.62 bits per heavy atom. The first-order valence-corrected chi connectivity index (χ1v) is 25.5. The van der Waals surface area contributed by atoms with Crippen molar-refractivity contribution in [2.24, 2.45) is 0 Å². The summed E-state index contributed by atoms with van der Waals surface area (Å²) in [5.41, 5.74) is 0. The fourth-order valence-corrected chi connectivity index (χ4v) is 7.60. The van der Waals surface area contributed by atoms with Gasteiger partial charge in [-0.15, -0.1) is 0 Å². The van der Waals surface area contributed by atoms with Gasteiger partial charge in [0, 0.05) is 6.42 Å². The number of carbonyl (C=O) groups excluding carboxylic acids is 1. The van der Waals surface area contributed by atoms with Gasteiger partial charge in [0.15, 0.2) is 12.6 Å². The summed E-state index contributed by atoms with van der Waals surface area (Å²) in [5.74, 6) is -0.298. The molecule has 2 fully saturated rings. The van der Waals surface area contributed by atoms with Gasteiger partial charge in [-0.05, 0) is 83.5 Å². The Bertz CT molecular complexity index is 1510. The third kappa shape index (κ3) is 26.2. The maximum absolute atomic E-state index is 13.2. The second kappa shape index (κ2) is 39.6. The zero-order valence-electron chi connectivity index (χ0n) is 41.0. The lowest BCUT2D eigenvalue weighted by Gasteiger charge is -2.46. The van der Waals surface area contributed by atoms with Gasteiger partial charge in [0.25, 0.3) is 0 Å². The maximum atomic E-state index is 13.2. The molecule has 0 aromatic rings. The maximum Gasteiger partial charge on any atom is 0.220 e. The van der Waals surface area contributed by atoms with Crippen LogP contribution >= 0.6 is 0 Å². The molecule has 2 heterocycles. The van der Waals surface area contributed by atoms with Crippen LogP contribution in [0.3, 0.4) is 0 Å². The van der Waals surface area contributed by atoms with Crippen molar-refractivity contribution >= 4 is 5.91 Å². The van der Waals surface area contributed by atoms with E-state index in [4.69, 9.17) is 18.9 Å². The van der Waals surface area contributed by atoms with Gasteiger partial charge in [-0.3, -0.25) is 4.79 Å². The highest BCUT2D eigenvalue weighted by molar-refractivity contribution is 5.76. The van der Waals surface area contributed by atoms with Crippen molar-refractivity contribution in [3.8, 4) is 0 Å². The smallest absolute Gasteiger partial charge is 0.220 e. The van der Waals surface area contributed by atoms with Crippen molar-refractivity contribution in [1.82, 2.24) is 5.32 Å². The number of aliphatic hydroxyl groups is 8. The number of nitrogens with one attached hydrogen (secondary N) is 1. The molecule has 0 radical (unpaired) electrons. The Hall–Kier alpha value is -3.09. The van der Waals surface area contributed by atoms with Crippen LogP contribution in [0.25, 0.3) is 0 Å². The topological polar surface area (TPSA) is 228 Å². The standard InChI is InChI=1S/C54H89NO13/c1-3-5-7-9-11-13-15-17-18-19-20-21-22-23-24-26-28-30-32-34-36-38-46(59)55-42(43(58)37-35-33-31-29-27-25-16-14-12-10-8-6-4-2)41-65-53-51(64)49(62)52(45(40-57)67-53)68-54-50(63)48(61)47(60)44(39-56)66-54/h5,7,11,13,17-18,20-21,23-24,27-30,35,37,42-45,47-54,56-58,60-64H,3-4,6,8-10,12,14-16,19,22,25-26,31-34,36,38-41H2,1-2H3,(H,55,59)/b7-5-,13-11-,18-17-,21-20-,24-23-,29-27+,30-28-,37-35+. The minimum atomic E-state index is -1.80. The molecule has 388 valence electrons. The summed E-state index contributed by atoms with van der Waals surface area (Å²) < 4.78 is 22.6. The lowest BCUT2D eigenvalue weighted by atomic mass is 9.97. The van der Waals surface area contributed by atoms with E-state index in [0.29, 0.717) is 12.8 Å². The summed E-state index contributed by atoms with van der Waals surface area (Å²) in [6.07, 6.45) is 35.9. The highest BCUT2D eigenvalue weighted by Gasteiger charge is 2.51. The number of amides is 1. The third-order valence-corrected chi connectivity index (χ3v) is 11.8. The van der Waals surface area contributed by atoms with E-state index >= 15 is 0 Å². The molecule has 2 aliphatic rings. The van der Waals surface area contributed by atoms with E-state index in [1.165, 1.54) is 44.9 Å². The molecule has 14 heteroatoms. The largest absolute Gasteiger partial charge is 0.394 e. The van der Waals surface area contributed by atoms with E-state index in [9.17, 15) is 45.6 Å². The molecule has 2 aliphatic heterocycles. The Morgan fingerprint density at radius 1 is 0.544 bits per heavy atom. The van der Waals surface area contributed by atoms with Crippen LogP contribution in [0.15, 0.2) is 97.2 Å². The van der Waals surface area contributed by atoms with E-state index < -0.39 is 86.8 Å². The first-order chi connectivity index (χ1) is 33.1. The number of hydrogen-bond donors (Lipinski definition) is 9. The minimum absolute atomic E-state index is 0.212. The first-order valence-electron chi connectivity index (χ1n) is 25.5. The van der Waals surface area contributed by atoms with Gasteiger partial charge in [0.2, 0.25) is 5.91 Å². The highest BCUT2D eigenvalue weighted by Crippen LogP contribution is 2.30. The molecule has 14 nitrogen and oxygen atoms in total. The lowest BCUT2D eigenvalue weighted by Crippen LogP contribution is -2.65. The third-order valence-electron chi connectivity index (χ3n) is 11.8. The number of unbranched alkanes of at least 4 members (excludes halogenated alkanes) is 10. The second-order valence-corrected chi connectivity index (χ2v) is 17.6. The average Bonchev–Trinajstić information content (AvgIpc) is 3.34. The van der Waals surface area contributed by atoms with Crippen molar-refractivity contribution in [3.63, 3.8) is 0 Å². The van der Waals surface area contributed by atoms with Crippen LogP contribution < -0.4 is 5.32 Å². The normalized spacial score (nSPS) is 27.2. The van der Waals surface area contributed by atoms with Crippen LogP contribution in [0, 0.1) is 0 Å². The molecule has 2 saturated heterocycles.